The molecule has 3 rings (SSSR count). The lowest BCUT2D eigenvalue weighted by Gasteiger charge is -2.12. The molecule has 9 heteroatoms. The van der Waals surface area contributed by atoms with Crippen molar-refractivity contribution in [1.82, 2.24) is 10.3 Å². The van der Waals surface area contributed by atoms with Crippen molar-refractivity contribution in [3.8, 4) is 0 Å². The molecule has 0 aliphatic rings. The lowest BCUT2D eigenvalue weighted by atomic mass is 10.1. The molecule has 0 saturated carbocycles. The molecule has 2 N–H and O–H groups in total. The van der Waals surface area contributed by atoms with Gasteiger partial charge in [0.25, 0.3) is 11.6 Å². The summed E-state index contributed by atoms with van der Waals surface area (Å²) in [5.74, 6) is -1.84. The maximum atomic E-state index is 12.6. The highest BCUT2D eigenvalue weighted by Gasteiger charge is 2.22. The summed E-state index contributed by atoms with van der Waals surface area (Å²) in [5, 5.41) is 13.8. The third-order valence-electron chi connectivity index (χ3n) is 4.24. The summed E-state index contributed by atoms with van der Waals surface area (Å²) < 4.78 is 5.11. The maximum absolute atomic E-state index is 12.6. The number of carbonyl (C=O) groups excluding carboxylic acids is 3. The van der Waals surface area contributed by atoms with Crippen molar-refractivity contribution in [2.45, 2.75) is 13.0 Å². The number of H-pyrrole nitrogens is 1. The first-order valence-electron chi connectivity index (χ1n) is 8.69. The van der Waals surface area contributed by atoms with Crippen LogP contribution in [-0.4, -0.2) is 40.2 Å². The Kier molecular flexibility index (Phi) is 5.68. The summed E-state index contributed by atoms with van der Waals surface area (Å²) in [7, 11) is 0. The van der Waals surface area contributed by atoms with Gasteiger partial charge in [-0.2, -0.15) is 0 Å². The number of hydrogen-bond donors (Lipinski definition) is 2. The number of nitro benzene ring substituents is 1. The SMILES string of the molecule is C[C@H](OC(=O)CNC(=O)c1cccc([N+](=O)[O-])c1)C(=O)c1c[nH]c2ccccc12. The molecule has 0 fully saturated rings. The minimum absolute atomic E-state index is 0.0370. The van der Waals surface area contributed by atoms with Crippen LogP contribution in [0.1, 0.15) is 27.6 Å². The van der Waals surface area contributed by atoms with Crippen LogP contribution in [0, 0.1) is 10.1 Å². The van der Waals surface area contributed by atoms with Crippen LogP contribution in [0.25, 0.3) is 10.9 Å². The Bertz CT molecular complexity index is 1100. The highest BCUT2D eigenvalue weighted by atomic mass is 16.6. The van der Waals surface area contributed by atoms with Crippen molar-refractivity contribution in [3.05, 3.63) is 76.0 Å². The van der Waals surface area contributed by atoms with Crippen molar-refractivity contribution >= 4 is 34.3 Å². The van der Waals surface area contributed by atoms with Gasteiger partial charge in [0.05, 0.1) is 4.92 Å². The molecule has 0 spiro atoms. The van der Waals surface area contributed by atoms with E-state index in [1.807, 2.05) is 12.1 Å². The van der Waals surface area contributed by atoms with Gasteiger partial charge in [-0.25, -0.2) is 0 Å². The van der Waals surface area contributed by atoms with Gasteiger partial charge in [0.15, 0.2) is 6.10 Å². The number of nitrogens with zero attached hydrogens (tertiary/aromatic N) is 1. The van der Waals surface area contributed by atoms with Gasteiger partial charge in [0, 0.05) is 40.4 Å². The largest absolute Gasteiger partial charge is 0.453 e. The quantitative estimate of drug-likeness (QED) is 0.274. The molecule has 1 atom stereocenters. The van der Waals surface area contributed by atoms with E-state index in [2.05, 4.69) is 10.3 Å². The highest BCUT2D eigenvalue weighted by Crippen LogP contribution is 2.20. The molecule has 2 aromatic carbocycles. The number of nitrogens with one attached hydrogen (secondary N) is 2. The van der Waals surface area contributed by atoms with Crippen molar-refractivity contribution in [1.29, 1.82) is 0 Å². The number of aromatic nitrogens is 1. The number of fused-ring (bicyclic) bond motifs is 1. The Morgan fingerprint density at radius 1 is 1.17 bits per heavy atom. The third kappa shape index (κ3) is 4.46. The molecule has 29 heavy (non-hydrogen) atoms. The number of Topliss-reactive ketones (excluding diaryl/α,β-unsaturated/α-hetero) is 1. The number of hydrogen-bond acceptors (Lipinski definition) is 6. The number of nitro groups is 1. The van der Waals surface area contributed by atoms with E-state index in [-0.39, 0.29) is 17.0 Å². The van der Waals surface area contributed by atoms with Crippen molar-refractivity contribution in [2.24, 2.45) is 0 Å². The standard InChI is InChI=1S/C20H17N3O6/c1-12(19(25)16-10-21-17-8-3-2-7-15(16)17)29-18(24)11-22-20(26)13-5-4-6-14(9-13)23(27)28/h2-10,12,21H,11H2,1H3,(H,22,26)/t12-/m0/s1. The van der Waals surface area contributed by atoms with Gasteiger partial charge < -0.3 is 15.0 Å². The van der Waals surface area contributed by atoms with Gasteiger partial charge in [-0.05, 0) is 19.1 Å². The van der Waals surface area contributed by atoms with Crippen molar-refractivity contribution in [3.63, 3.8) is 0 Å². The van der Waals surface area contributed by atoms with E-state index in [1.165, 1.54) is 25.1 Å². The lowest BCUT2D eigenvalue weighted by molar-refractivity contribution is -0.384. The number of esters is 1. The smallest absolute Gasteiger partial charge is 0.326 e. The van der Waals surface area contributed by atoms with Crippen molar-refractivity contribution in [2.75, 3.05) is 6.54 Å². The van der Waals surface area contributed by atoms with E-state index in [1.54, 1.807) is 18.3 Å². The van der Waals surface area contributed by atoms with Gasteiger partial charge in [0.2, 0.25) is 5.78 Å². The third-order valence-corrected chi connectivity index (χ3v) is 4.24. The average Bonchev–Trinajstić information content (AvgIpc) is 3.15. The second-order valence-corrected chi connectivity index (χ2v) is 6.23. The van der Waals surface area contributed by atoms with E-state index in [4.69, 9.17) is 4.74 Å². The van der Waals surface area contributed by atoms with Crippen LogP contribution < -0.4 is 5.32 Å². The zero-order chi connectivity index (χ0) is 21.0. The molecule has 1 amide bonds. The Morgan fingerprint density at radius 2 is 1.93 bits per heavy atom. The van der Waals surface area contributed by atoms with Crippen LogP contribution in [0.15, 0.2) is 54.7 Å². The van der Waals surface area contributed by atoms with E-state index in [0.29, 0.717) is 5.56 Å². The van der Waals surface area contributed by atoms with Crippen LogP contribution in [0.2, 0.25) is 0 Å². The number of rotatable bonds is 7. The van der Waals surface area contributed by atoms with Crippen LogP contribution in [0.4, 0.5) is 5.69 Å². The zero-order valence-electron chi connectivity index (χ0n) is 15.4. The summed E-state index contributed by atoms with van der Waals surface area (Å²) in [6.07, 6.45) is 0.512. The van der Waals surface area contributed by atoms with E-state index >= 15 is 0 Å². The first kappa shape index (κ1) is 19.7. The van der Waals surface area contributed by atoms with E-state index in [9.17, 15) is 24.5 Å². The Labute approximate surface area is 164 Å². The molecule has 9 nitrogen and oxygen atoms in total. The van der Waals surface area contributed by atoms with Crippen LogP contribution in [0.5, 0.6) is 0 Å². The topological polar surface area (TPSA) is 131 Å². The number of aromatic amines is 1. The van der Waals surface area contributed by atoms with Crippen LogP contribution in [0.3, 0.4) is 0 Å². The Morgan fingerprint density at radius 3 is 2.69 bits per heavy atom. The lowest BCUT2D eigenvalue weighted by Crippen LogP contribution is -2.34. The predicted molar refractivity (Wildman–Crippen MR) is 104 cm³/mol. The molecular weight excluding hydrogens is 378 g/mol. The average molecular weight is 395 g/mol. The second kappa shape index (κ2) is 8.34. The summed E-state index contributed by atoms with van der Waals surface area (Å²) >= 11 is 0. The summed E-state index contributed by atoms with van der Waals surface area (Å²) in [6.45, 7) is 0.970. The van der Waals surface area contributed by atoms with Crippen LogP contribution in [-0.2, 0) is 9.53 Å². The molecule has 1 aromatic heterocycles. The fourth-order valence-corrected chi connectivity index (χ4v) is 2.80. The number of amides is 1. The van der Waals surface area contributed by atoms with Gasteiger partial charge in [-0.3, -0.25) is 24.5 Å². The molecule has 0 aliphatic carbocycles. The monoisotopic (exact) mass is 395 g/mol. The van der Waals surface area contributed by atoms with E-state index in [0.717, 1.165) is 17.0 Å². The molecule has 1 heterocycles. The second-order valence-electron chi connectivity index (χ2n) is 6.23. The highest BCUT2D eigenvalue weighted by molar-refractivity contribution is 6.10. The van der Waals surface area contributed by atoms with Gasteiger partial charge in [-0.1, -0.05) is 24.3 Å². The first-order valence-corrected chi connectivity index (χ1v) is 8.69. The first-order chi connectivity index (χ1) is 13.9. The molecule has 0 bridgehead atoms. The van der Waals surface area contributed by atoms with E-state index < -0.39 is 29.4 Å². The number of ketones is 1. The minimum Gasteiger partial charge on any atom is -0.453 e. The van der Waals surface area contributed by atoms with Gasteiger partial charge >= 0.3 is 5.97 Å². The van der Waals surface area contributed by atoms with Crippen LogP contribution >= 0.6 is 0 Å². The number of benzene rings is 2. The molecule has 0 radical (unpaired) electrons. The molecule has 148 valence electrons. The molecule has 3 aromatic rings. The Hall–Kier alpha value is -4.01. The normalized spacial score (nSPS) is 11.6. The number of ether oxygens (including phenoxy) is 1. The van der Waals surface area contributed by atoms with Gasteiger partial charge in [-0.15, -0.1) is 0 Å². The number of carbonyl (C=O) groups is 3. The summed E-state index contributed by atoms with van der Waals surface area (Å²) in [4.78, 5) is 49.8. The number of non-ortho nitro benzene ring substituents is 1. The van der Waals surface area contributed by atoms with Gasteiger partial charge in [0.1, 0.15) is 6.54 Å². The predicted octanol–water partition coefficient (Wildman–Crippen LogP) is 2.62. The molecular formula is C20H17N3O6. The molecule has 0 unspecified atom stereocenters. The molecule has 0 saturated heterocycles. The summed E-state index contributed by atoms with van der Waals surface area (Å²) in [5.41, 5.74) is 0.994. The maximum Gasteiger partial charge on any atom is 0.326 e. The zero-order valence-corrected chi connectivity index (χ0v) is 15.4. The number of para-hydroxylation sites is 1. The fourth-order valence-electron chi connectivity index (χ4n) is 2.80. The van der Waals surface area contributed by atoms with Crippen molar-refractivity contribution < 1.29 is 24.0 Å². The fraction of sp³-hybridized carbons (Fsp3) is 0.150. The summed E-state index contributed by atoms with van der Waals surface area (Å²) in [6, 6.07) is 12.4. The minimum atomic E-state index is -1.04. The molecule has 0 aliphatic heterocycles. The Balaban J connectivity index is 1.57.